The van der Waals surface area contributed by atoms with Crippen molar-refractivity contribution >= 4 is 18.3 Å². The molecule has 6 heteroatoms. The maximum Gasteiger partial charge on any atom is 0.220 e. The molecule has 0 spiro atoms. The highest BCUT2D eigenvalue weighted by atomic mass is 35.5. The molecule has 1 aliphatic rings. The topological polar surface area (TPSA) is 73.6 Å². The van der Waals surface area contributed by atoms with Crippen molar-refractivity contribution in [2.24, 2.45) is 11.7 Å². The molecule has 0 aromatic heterocycles. The molecule has 0 unspecified atom stereocenters. The Hall–Kier alpha value is -1.46. The van der Waals surface area contributed by atoms with Crippen LogP contribution < -0.4 is 20.5 Å². The van der Waals surface area contributed by atoms with Gasteiger partial charge in [-0.3, -0.25) is 4.79 Å². The molecular formula is C19H31ClN2O3. The van der Waals surface area contributed by atoms with Gasteiger partial charge in [0.2, 0.25) is 5.91 Å². The molecule has 142 valence electrons. The van der Waals surface area contributed by atoms with Gasteiger partial charge < -0.3 is 20.5 Å². The van der Waals surface area contributed by atoms with Crippen molar-refractivity contribution in [3.63, 3.8) is 0 Å². The SMILES string of the molecule is CCOc1ccc(CCNC(=O)C[C@@H]2CCC[C@H]2N)cc1OCC.Cl. The Morgan fingerprint density at radius 3 is 2.56 bits per heavy atom. The molecule has 25 heavy (non-hydrogen) atoms. The van der Waals surface area contributed by atoms with Crippen LogP contribution in [0.2, 0.25) is 0 Å². The third kappa shape index (κ3) is 6.75. The lowest BCUT2D eigenvalue weighted by Crippen LogP contribution is -2.32. The van der Waals surface area contributed by atoms with Crippen LogP contribution >= 0.6 is 12.4 Å². The van der Waals surface area contributed by atoms with Gasteiger partial charge in [-0.1, -0.05) is 12.5 Å². The van der Waals surface area contributed by atoms with Gasteiger partial charge in [0.25, 0.3) is 0 Å². The van der Waals surface area contributed by atoms with E-state index in [4.69, 9.17) is 15.2 Å². The fraction of sp³-hybridized carbons (Fsp3) is 0.632. The zero-order valence-electron chi connectivity index (χ0n) is 15.3. The Morgan fingerprint density at radius 2 is 1.92 bits per heavy atom. The summed E-state index contributed by atoms with van der Waals surface area (Å²) >= 11 is 0. The van der Waals surface area contributed by atoms with E-state index >= 15 is 0 Å². The Kier molecular flexibility index (Phi) is 9.68. The van der Waals surface area contributed by atoms with E-state index in [1.807, 2.05) is 32.0 Å². The molecule has 2 atom stereocenters. The number of amides is 1. The van der Waals surface area contributed by atoms with E-state index in [-0.39, 0.29) is 24.4 Å². The lowest BCUT2D eigenvalue weighted by molar-refractivity contribution is -0.122. The molecule has 0 bridgehead atoms. The van der Waals surface area contributed by atoms with Gasteiger partial charge in [-0.25, -0.2) is 0 Å². The molecule has 2 rings (SSSR count). The highest BCUT2D eigenvalue weighted by Gasteiger charge is 2.25. The first-order valence-corrected chi connectivity index (χ1v) is 9.04. The van der Waals surface area contributed by atoms with Crippen molar-refractivity contribution in [3.8, 4) is 11.5 Å². The van der Waals surface area contributed by atoms with Crippen molar-refractivity contribution in [3.05, 3.63) is 23.8 Å². The van der Waals surface area contributed by atoms with Gasteiger partial charge in [-0.15, -0.1) is 12.4 Å². The van der Waals surface area contributed by atoms with Gasteiger partial charge in [-0.05, 0) is 56.7 Å². The second-order valence-electron chi connectivity index (χ2n) is 6.31. The molecular weight excluding hydrogens is 340 g/mol. The van der Waals surface area contributed by atoms with Gasteiger partial charge in [0.1, 0.15) is 0 Å². The molecule has 1 saturated carbocycles. The van der Waals surface area contributed by atoms with Gasteiger partial charge in [0.15, 0.2) is 11.5 Å². The number of nitrogens with two attached hydrogens (primary N) is 1. The van der Waals surface area contributed by atoms with E-state index in [1.165, 1.54) is 0 Å². The summed E-state index contributed by atoms with van der Waals surface area (Å²) in [5, 5.41) is 3.00. The highest BCUT2D eigenvalue weighted by Crippen LogP contribution is 2.29. The molecule has 1 aromatic rings. The second kappa shape index (κ2) is 11.2. The lowest BCUT2D eigenvalue weighted by Gasteiger charge is -2.15. The fourth-order valence-electron chi connectivity index (χ4n) is 3.23. The summed E-state index contributed by atoms with van der Waals surface area (Å²) in [6, 6.07) is 6.14. The molecule has 3 N–H and O–H groups in total. The molecule has 1 fully saturated rings. The number of hydrogen-bond donors (Lipinski definition) is 2. The summed E-state index contributed by atoms with van der Waals surface area (Å²) < 4.78 is 11.2. The number of nitrogens with one attached hydrogen (secondary N) is 1. The number of carbonyl (C=O) groups is 1. The molecule has 1 aliphatic carbocycles. The summed E-state index contributed by atoms with van der Waals surface area (Å²) in [4.78, 5) is 12.0. The first-order chi connectivity index (χ1) is 11.6. The highest BCUT2D eigenvalue weighted by molar-refractivity contribution is 5.85. The minimum absolute atomic E-state index is 0. The van der Waals surface area contributed by atoms with Crippen LogP contribution in [0.15, 0.2) is 18.2 Å². The third-order valence-corrected chi connectivity index (χ3v) is 4.51. The second-order valence-corrected chi connectivity index (χ2v) is 6.31. The Bertz CT molecular complexity index is 539. The van der Waals surface area contributed by atoms with Crippen molar-refractivity contribution in [1.29, 1.82) is 0 Å². The summed E-state index contributed by atoms with van der Waals surface area (Å²) in [5.74, 6) is 1.98. The van der Waals surface area contributed by atoms with Crippen LogP contribution in [0.5, 0.6) is 11.5 Å². The average molecular weight is 371 g/mol. The van der Waals surface area contributed by atoms with Crippen molar-refractivity contribution in [2.75, 3.05) is 19.8 Å². The summed E-state index contributed by atoms with van der Waals surface area (Å²) in [6.45, 7) is 5.74. The van der Waals surface area contributed by atoms with Gasteiger partial charge in [0.05, 0.1) is 13.2 Å². The number of carbonyl (C=O) groups excluding carboxylic acids is 1. The average Bonchev–Trinajstić information content (AvgIpc) is 2.95. The van der Waals surface area contributed by atoms with Gasteiger partial charge >= 0.3 is 0 Å². The van der Waals surface area contributed by atoms with E-state index in [0.29, 0.717) is 32.1 Å². The minimum atomic E-state index is 0. The lowest BCUT2D eigenvalue weighted by atomic mass is 10.00. The first kappa shape index (κ1) is 21.6. The van der Waals surface area contributed by atoms with E-state index in [0.717, 1.165) is 42.7 Å². The zero-order valence-corrected chi connectivity index (χ0v) is 16.1. The summed E-state index contributed by atoms with van der Waals surface area (Å²) in [7, 11) is 0. The molecule has 0 heterocycles. The fourth-order valence-corrected chi connectivity index (χ4v) is 3.23. The van der Waals surface area contributed by atoms with E-state index in [1.54, 1.807) is 0 Å². The van der Waals surface area contributed by atoms with Crippen molar-refractivity contribution in [2.45, 2.75) is 52.0 Å². The van der Waals surface area contributed by atoms with Crippen molar-refractivity contribution < 1.29 is 14.3 Å². The third-order valence-electron chi connectivity index (χ3n) is 4.51. The largest absolute Gasteiger partial charge is 0.490 e. The minimum Gasteiger partial charge on any atom is -0.490 e. The van der Waals surface area contributed by atoms with Crippen LogP contribution in [0.1, 0.15) is 45.1 Å². The van der Waals surface area contributed by atoms with Crippen LogP contribution in [0.4, 0.5) is 0 Å². The van der Waals surface area contributed by atoms with E-state index in [9.17, 15) is 4.79 Å². The number of benzene rings is 1. The Morgan fingerprint density at radius 1 is 1.20 bits per heavy atom. The van der Waals surface area contributed by atoms with Gasteiger partial charge in [-0.2, -0.15) is 0 Å². The molecule has 5 nitrogen and oxygen atoms in total. The van der Waals surface area contributed by atoms with Gasteiger partial charge in [0, 0.05) is 19.0 Å². The van der Waals surface area contributed by atoms with Crippen LogP contribution in [0, 0.1) is 5.92 Å². The summed E-state index contributed by atoms with van der Waals surface area (Å²) in [6.07, 6.45) is 4.59. The maximum atomic E-state index is 12.0. The number of halogens is 1. The normalized spacial score (nSPS) is 19.2. The standard InChI is InChI=1S/C19H30N2O3.ClH/c1-3-23-17-9-8-14(12-18(17)24-4-2)10-11-21-19(22)13-15-6-5-7-16(15)20;/h8-9,12,15-16H,3-7,10-11,13,20H2,1-2H3,(H,21,22);1H/t15-,16+;/m0./s1. The smallest absolute Gasteiger partial charge is 0.220 e. The molecule has 0 radical (unpaired) electrons. The predicted octanol–water partition coefficient (Wildman–Crippen LogP) is 3.08. The number of hydrogen-bond acceptors (Lipinski definition) is 4. The van der Waals surface area contributed by atoms with E-state index in [2.05, 4.69) is 5.32 Å². The van der Waals surface area contributed by atoms with E-state index < -0.39 is 0 Å². The Balaban J connectivity index is 0.00000312. The number of ether oxygens (including phenoxy) is 2. The monoisotopic (exact) mass is 370 g/mol. The van der Waals surface area contributed by atoms with Crippen LogP contribution in [0.3, 0.4) is 0 Å². The maximum absolute atomic E-state index is 12.0. The molecule has 0 saturated heterocycles. The molecule has 1 aromatic carbocycles. The molecule has 1 amide bonds. The Labute approximate surface area is 157 Å². The van der Waals surface area contributed by atoms with Crippen LogP contribution in [-0.2, 0) is 11.2 Å². The van der Waals surface area contributed by atoms with Crippen molar-refractivity contribution in [1.82, 2.24) is 5.32 Å². The number of rotatable bonds is 9. The molecule has 0 aliphatic heterocycles. The summed E-state index contributed by atoms with van der Waals surface area (Å²) in [5.41, 5.74) is 7.15. The predicted molar refractivity (Wildman–Crippen MR) is 103 cm³/mol. The zero-order chi connectivity index (χ0) is 17.4. The van der Waals surface area contributed by atoms with Crippen LogP contribution in [-0.4, -0.2) is 31.7 Å². The quantitative estimate of drug-likeness (QED) is 0.700. The first-order valence-electron chi connectivity index (χ1n) is 9.04. The van der Waals surface area contributed by atoms with Crippen LogP contribution in [0.25, 0.3) is 0 Å².